The molecule has 1 N–H and O–H groups in total. The molecule has 0 atom stereocenters. The van der Waals surface area contributed by atoms with Crippen molar-refractivity contribution in [1.82, 2.24) is 14.5 Å². The Kier molecular flexibility index (Phi) is 5.85. The van der Waals surface area contributed by atoms with Crippen LogP contribution in [0.15, 0.2) is 48.5 Å². The summed E-state index contributed by atoms with van der Waals surface area (Å²) >= 11 is 12.4. The quantitative estimate of drug-likeness (QED) is 0.411. The largest absolute Gasteiger partial charge is 0.268 e. The molecule has 12 heteroatoms. The summed E-state index contributed by atoms with van der Waals surface area (Å²) in [7, 11) is -3.93. The Morgan fingerprint density at radius 2 is 1.70 bits per heavy atom. The fourth-order valence-corrected chi connectivity index (χ4v) is 4.09. The van der Waals surface area contributed by atoms with Gasteiger partial charge in [0.15, 0.2) is 11.6 Å². The summed E-state index contributed by atoms with van der Waals surface area (Å²) in [6, 6.07) is 9.79. The van der Waals surface area contributed by atoms with Crippen molar-refractivity contribution in [2.75, 3.05) is 6.26 Å². The minimum atomic E-state index is -3.93. The van der Waals surface area contributed by atoms with E-state index in [1.54, 1.807) is 22.9 Å². The first-order valence-corrected chi connectivity index (χ1v) is 11.7. The molecule has 1 heterocycles. The Balaban J connectivity index is 1.91. The van der Waals surface area contributed by atoms with Crippen LogP contribution in [-0.4, -0.2) is 30.4 Å². The van der Waals surface area contributed by atoms with Crippen molar-refractivity contribution in [3.8, 4) is 16.9 Å². The van der Waals surface area contributed by atoms with Crippen molar-refractivity contribution >= 4 is 50.0 Å². The van der Waals surface area contributed by atoms with E-state index < -0.39 is 38.9 Å². The first-order chi connectivity index (χ1) is 15.4. The van der Waals surface area contributed by atoms with Crippen LogP contribution >= 0.6 is 23.2 Å². The summed E-state index contributed by atoms with van der Waals surface area (Å²) in [5, 5.41) is 5.07. The summed E-state index contributed by atoms with van der Waals surface area (Å²) in [4.78, 5) is 12.1. The van der Waals surface area contributed by atoms with Gasteiger partial charge >= 0.3 is 0 Å². The molecular formula is C21H12Cl2F3N3O3S. The van der Waals surface area contributed by atoms with E-state index in [2.05, 4.69) is 5.10 Å². The number of fused-ring (bicyclic) bond motifs is 1. The highest BCUT2D eigenvalue weighted by Gasteiger charge is 2.22. The third kappa shape index (κ3) is 4.54. The number of rotatable bonds is 4. The van der Waals surface area contributed by atoms with Gasteiger partial charge in [0, 0.05) is 22.0 Å². The number of hydrogen-bond acceptors (Lipinski definition) is 4. The number of carbonyl (C=O) groups excluding carboxylic acids is 1. The van der Waals surface area contributed by atoms with Gasteiger partial charge in [-0.3, -0.25) is 4.79 Å². The van der Waals surface area contributed by atoms with Gasteiger partial charge in [-0.2, -0.15) is 5.10 Å². The van der Waals surface area contributed by atoms with E-state index in [0.717, 1.165) is 30.5 Å². The molecule has 0 unspecified atom stereocenters. The summed E-state index contributed by atoms with van der Waals surface area (Å²) in [6.45, 7) is 0. The predicted octanol–water partition coefficient (Wildman–Crippen LogP) is 5.11. The second-order valence-electron chi connectivity index (χ2n) is 7.04. The zero-order valence-corrected chi connectivity index (χ0v) is 18.9. The molecule has 0 saturated heterocycles. The van der Waals surface area contributed by atoms with Crippen LogP contribution in [0.2, 0.25) is 10.0 Å². The molecule has 0 aliphatic rings. The van der Waals surface area contributed by atoms with E-state index in [0.29, 0.717) is 15.9 Å². The minimum absolute atomic E-state index is 0.0197. The lowest BCUT2D eigenvalue weighted by molar-refractivity contribution is 0.0978. The normalized spacial score (nSPS) is 11.7. The Bertz CT molecular complexity index is 1560. The van der Waals surface area contributed by atoms with Crippen LogP contribution in [0.1, 0.15) is 10.4 Å². The highest BCUT2D eigenvalue weighted by molar-refractivity contribution is 7.89. The van der Waals surface area contributed by atoms with Crippen LogP contribution < -0.4 is 4.72 Å². The maximum Gasteiger partial charge on any atom is 0.267 e. The smallest absolute Gasteiger partial charge is 0.267 e. The number of nitrogens with one attached hydrogen (secondary N) is 1. The predicted molar refractivity (Wildman–Crippen MR) is 119 cm³/mol. The first-order valence-electron chi connectivity index (χ1n) is 9.10. The highest BCUT2D eigenvalue weighted by atomic mass is 35.5. The molecule has 33 heavy (non-hydrogen) atoms. The highest BCUT2D eigenvalue weighted by Crippen LogP contribution is 2.34. The Morgan fingerprint density at radius 3 is 2.36 bits per heavy atom. The number of nitrogens with zero attached hydrogens (tertiary/aromatic N) is 2. The first kappa shape index (κ1) is 23.1. The molecule has 6 nitrogen and oxygen atoms in total. The fraction of sp³-hybridized carbons (Fsp3) is 0.0476. The monoisotopic (exact) mass is 513 g/mol. The van der Waals surface area contributed by atoms with Crippen LogP contribution in [0, 0.1) is 17.5 Å². The Hall–Kier alpha value is -3.08. The van der Waals surface area contributed by atoms with Crippen molar-refractivity contribution in [1.29, 1.82) is 0 Å². The standard InChI is InChI=1S/C21H12Cl2F3N3O3S/c1-33(31,32)28-21(30)12-8-14(23)19(9-16(12)25)29-18-5-3-11(22)7-13(18)20(27-29)10-2-4-15(24)17(26)6-10/h2-9H,1H3,(H,28,30). The molecule has 0 radical (unpaired) electrons. The summed E-state index contributed by atoms with van der Waals surface area (Å²) in [6.07, 6.45) is 0.750. The number of hydrogen-bond donors (Lipinski definition) is 1. The summed E-state index contributed by atoms with van der Waals surface area (Å²) in [5.74, 6) is -4.36. The van der Waals surface area contributed by atoms with Gasteiger partial charge in [-0.1, -0.05) is 23.2 Å². The number of amides is 1. The third-order valence-electron chi connectivity index (χ3n) is 4.62. The van der Waals surface area contributed by atoms with Gasteiger partial charge in [0.2, 0.25) is 10.0 Å². The van der Waals surface area contributed by atoms with Crippen LogP contribution in [-0.2, 0) is 10.0 Å². The average Bonchev–Trinajstić information content (AvgIpc) is 3.08. The molecule has 0 aliphatic carbocycles. The molecule has 4 rings (SSSR count). The van der Waals surface area contributed by atoms with E-state index in [4.69, 9.17) is 23.2 Å². The van der Waals surface area contributed by atoms with Gasteiger partial charge in [0.05, 0.1) is 28.0 Å². The second-order valence-corrected chi connectivity index (χ2v) is 9.63. The molecule has 0 saturated carbocycles. The molecule has 1 aromatic heterocycles. The van der Waals surface area contributed by atoms with Crippen molar-refractivity contribution in [3.63, 3.8) is 0 Å². The number of aromatic nitrogens is 2. The molecule has 0 fully saturated rings. The lowest BCUT2D eigenvalue weighted by Crippen LogP contribution is -2.30. The third-order valence-corrected chi connectivity index (χ3v) is 5.72. The molecule has 0 spiro atoms. The van der Waals surface area contributed by atoms with Crippen molar-refractivity contribution in [2.45, 2.75) is 0 Å². The van der Waals surface area contributed by atoms with E-state index in [1.165, 1.54) is 10.7 Å². The van der Waals surface area contributed by atoms with Crippen LogP contribution in [0.25, 0.3) is 27.8 Å². The number of sulfonamides is 1. The molecule has 0 bridgehead atoms. The Morgan fingerprint density at radius 1 is 0.970 bits per heavy atom. The van der Waals surface area contributed by atoms with Gasteiger partial charge in [0.25, 0.3) is 5.91 Å². The van der Waals surface area contributed by atoms with Crippen molar-refractivity contribution < 1.29 is 26.4 Å². The second kappa shape index (κ2) is 8.36. The zero-order chi connectivity index (χ0) is 24.1. The summed E-state index contributed by atoms with van der Waals surface area (Å²) < 4.78 is 67.5. The van der Waals surface area contributed by atoms with E-state index in [-0.39, 0.29) is 22.0 Å². The molecular weight excluding hydrogens is 502 g/mol. The van der Waals surface area contributed by atoms with Gasteiger partial charge in [-0.15, -0.1) is 0 Å². The average molecular weight is 514 g/mol. The van der Waals surface area contributed by atoms with Crippen LogP contribution in [0.5, 0.6) is 0 Å². The van der Waals surface area contributed by atoms with Gasteiger partial charge in [-0.05, 0) is 42.5 Å². The minimum Gasteiger partial charge on any atom is -0.268 e. The SMILES string of the molecule is CS(=O)(=O)NC(=O)c1cc(Cl)c(-n2nc(-c3ccc(F)c(F)c3)c3cc(Cl)ccc32)cc1F. The van der Waals surface area contributed by atoms with Crippen molar-refractivity contribution in [3.05, 3.63) is 81.6 Å². The topological polar surface area (TPSA) is 81.1 Å². The van der Waals surface area contributed by atoms with Gasteiger partial charge in [0.1, 0.15) is 11.5 Å². The van der Waals surface area contributed by atoms with Gasteiger partial charge in [-0.25, -0.2) is 31.0 Å². The summed E-state index contributed by atoms with van der Waals surface area (Å²) in [5.41, 5.74) is 0.303. The van der Waals surface area contributed by atoms with Crippen molar-refractivity contribution in [2.24, 2.45) is 0 Å². The lowest BCUT2D eigenvalue weighted by atomic mass is 10.1. The number of halogens is 5. The van der Waals surface area contributed by atoms with Gasteiger partial charge < -0.3 is 0 Å². The van der Waals surface area contributed by atoms with Crippen LogP contribution in [0.4, 0.5) is 13.2 Å². The van der Waals surface area contributed by atoms with Crippen LogP contribution in [0.3, 0.4) is 0 Å². The van der Waals surface area contributed by atoms with E-state index >= 15 is 0 Å². The maximum atomic E-state index is 14.8. The zero-order valence-electron chi connectivity index (χ0n) is 16.5. The molecule has 3 aromatic carbocycles. The molecule has 4 aromatic rings. The fourth-order valence-electron chi connectivity index (χ4n) is 3.23. The molecule has 170 valence electrons. The molecule has 0 aliphatic heterocycles. The number of carbonyl (C=O) groups is 1. The molecule has 1 amide bonds. The Labute approximate surface area is 195 Å². The number of benzene rings is 3. The van der Waals surface area contributed by atoms with E-state index in [9.17, 15) is 26.4 Å². The lowest BCUT2D eigenvalue weighted by Gasteiger charge is -2.10. The van der Waals surface area contributed by atoms with E-state index in [1.807, 2.05) is 0 Å². The maximum absolute atomic E-state index is 14.8.